The minimum Gasteiger partial charge on any atom is -0.473 e. The van der Waals surface area contributed by atoms with Gasteiger partial charge in [-0.25, -0.2) is 9.50 Å². The van der Waals surface area contributed by atoms with Crippen molar-refractivity contribution in [3.63, 3.8) is 0 Å². The van der Waals surface area contributed by atoms with Crippen LogP contribution < -0.4 is 10.1 Å². The van der Waals surface area contributed by atoms with E-state index in [0.717, 1.165) is 29.6 Å². The van der Waals surface area contributed by atoms with Crippen LogP contribution in [0, 0.1) is 0 Å². The molecule has 0 bridgehead atoms. The van der Waals surface area contributed by atoms with Gasteiger partial charge >= 0.3 is 0 Å². The maximum Gasteiger partial charge on any atom is 0.240 e. The van der Waals surface area contributed by atoms with Crippen molar-refractivity contribution in [2.24, 2.45) is 7.05 Å². The molecule has 4 rings (SSSR count). The quantitative estimate of drug-likeness (QED) is 0.785. The maximum absolute atomic E-state index is 6.08. The van der Waals surface area contributed by atoms with Gasteiger partial charge in [0.2, 0.25) is 5.88 Å². The van der Waals surface area contributed by atoms with E-state index in [1.807, 2.05) is 32.6 Å². The van der Waals surface area contributed by atoms with Gasteiger partial charge in [0.05, 0.1) is 24.3 Å². The normalized spacial score (nSPS) is 21.0. The van der Waals surface area contributed by atoms with Crippen molar-refractivity contribution in [3.05, 3.63) is 30.9 Å². The van der Waals surface area contributed by atoms with Gasteiger partial charge in [-0.05, 0) is 26.0 Å². The summed E-state index contributed by atoms with van der Waals surface area (Å²) in [7, 11) is 3.87. The van der Waals surface area contributed by atoms with E-state index in [1.54, 1.807) is 21.6 Å². The van der Waals surface area contributed by atoms with Crippen LogP contribution in [0.4, 0.5) is 0 Å². The molecule has 0 aliphatic heterocycles. The molecule has 1 N–H and O–H groups in total. The van der Waals surface area contributed by atoms with E-state index in [-0.39, 0.29) is 6.10 Å². The minimum absolute atomic E-state index is 0.216. The smallest absolute Gasteiger partial charge is 0.240 e. The molecule has 0 amide bonds. The predicted octanol–water partition coefficient (Wildman–Crippen LogP) is 1.26. The lowest BCUT2D eigenvalue weighted by Gasteiger charge is -2.34. The van der Waals surface area contributed by atoms with Gasteiger partial charge in [-0.2, -0.15) is 10.2 Å². The number of hydrogen-bond donors (Lipinski definition) is 1. The van der Waals surface area contributed by atoms with Crippen molar-refractivity contribution < 1.29 is 4.74 Å². The Bertz CT molecular complexity index is 801. The summed E-state index contributed by atoms with van der Waals surface area (Å²) in [6.45, 7) is 0. The second kappa shape index (κ2) is 5.10. The standard InChI is InChI=1S/C15H18N6O/c1-16-11-5-12(6-11)22-15-14-3-4-17-21(14)9-13(19-15)10-7-18-20(2)8-10/h3-4,7-9,11-12,16H,5-6H2,1-2H3/t11-,12-. The number of aromatic nitrogens is 5. The number of ether oxygens (including phenoxy) is 1. The predicted molar refractivity (Wildman–Crippen MR) is 81.7 cm³/mol. The lowest BCUT2D eigenvalue weighted by molar-refractivity contribution is 0.0852. The van der Waals surface area contributed by atoms with E-state index in [2.05, 4.69) is 20.5 Å². The van der Waals surface area contributed by atoms with Crippen LogP contribution in [0.15, 0.2) is 30.9 Å². The molecular formula is C15H18N6O. The number of rotatable bonds is 4. The van der Waals surface area contributed by atoms with Crippen LogP contribution in [-0.4, -0.2) is 43.6 Å². The first-order valence-corrected chi connectivity index (χ1v) is 7.40. The zero-order chi connectivity index (χ0) is 15.1. The Morgan fingerprint density at radius 3 is 2.86 bits per heavy atom. The molecule has 0 unspecified atom stereocenters. The molecule has 22 heavy (non-hydrogen) atoms. The topological polar surface area (TPSA) is 69.3 Å². The first-order chi connectivity index (χ1) is 10.7. The van der Waals surface area contributed by atoms with E-state index in [1.165, 1.54) is 0 Å². The molecule has 1 aliphatic carbocycles. The third-order valence-corrected chi connectivity index (χ3v) is 4.14. The van der Waals surface area contributed by atoms with Crippen molar-refractivity contribution in [1.29, 1.82) is 0 Å². The summed E-state index contributed by atoms with van der Waals surface area (Å²) >= 11 is 0. The minimum atomic E-state index is 0.216. The fourth-order valence-corrected chi connectivity index (χ4v) is 2.73. The summed E-state index contributed by atoms with van der Waals surface area (Å²) in [5, 5.41) is 11.8. The average molecular weight is 298 g/mol. The monoisotopic (exact) mass is 298 g/mol. The molecule has 114 valence electrons. The molecule has 3 aromatic rings. The van der Waals surface area contributed by atoms with Gasteiger partial charge in [0.15, 0.2) is 0 Å². The van der Waals surface area contributed by atoms with Gasteiger partial charge in [-0.3, -0.25) is 4.68 Å². The number of nitrogens with zero attached hydrogens (tertiary/aromatic N) is 5. The highest BCUT2D eigenvalue weighted by atomic mass is 16.5. The van der Waals surface area contributed by atoms with Gasteiger partial charge in [0.25, 0.3) is 0 Å². The van der Waals surface area contributed by atoms with E-state index in [4.69, 9.17) is 4.74 Å². The largest absolute Gasteiger partial charge is 0.473 e. The summed E-state index contributed by atoms with van der Waals surface area (Å²) in [4.78, 5) is 4.67. The SMILES string of the molecule is CN[C@H]1C[C@H](Oc2nc(-c3cnn(C)c3)cn3nccc23)C1. The average Bonchev–Trinajstić information content (AvgIpc) is 3.10. The molecule has 0 spiro atoms. The van der Waals surface area contributed by atoms with Crippen LogP contribution >= 0.6 is 0 Å². The third kappa shape index (κ3) is 2.23. The van der Waals surface area contributed by atoms with Crippen LogP contribution in [-0.2, 0) is 7.05 Å². The van der Waals surface area contributed by atoms with Gasteiger partial charge in [-0.1, -0.05) is 0 Å². The first-order valence-electron chi connectivity index (χ1n) is 7.40. The van der Waals surface area contributed by atoms with Gasteiger partial charge in [0, 0.05) is 24.8 Å². The maximum atomic E-state index is 6.08. The zero-order valence-corrected chi connectivity index (χ0v) is 12.6. The summed E-state index contributed by atoms with van der Waals surface area (Å²) in [5.74, 6) is 0.637. The second-order valence-electron chi connectivity index (χ2n) is 5.69. The Hall–Kier alpha value is -2.41. The van der Waals surface area contributed by atoms with Gasteiger partial charge < -0.3 is 10.1 Å². The molecule has 7 nitrogen and oxygen atoms in total. The highest BCUT2D eigenvalue weighted by Crippen LogP contribution is 2.29. The Kier molecular flexibility index (Phi) is 3.07. The van der Waals surface area contributed by atoms with E-state index >= 15 is 0 Å². The van der Waals surface area contributed by atoms with E-state index in [9.17, 15) is 0 Å². The molecule has 0 saturated heterocycles. The Balaban J connectivity index is 1.68. The molecular weight excluding hydrogens is 280 g/mol. The van der Waals surface area contributed by atoms with E-state index < -0.39 is 0 Å². The number of hydrogen-bond acceptors (Lipinski definition) is 5. The van der Waals surface area contributed by atoms with Crippen molar-refractivity contribution in [2.75, 3.05) is 7.05 Å². The molecule has 0 atom stereocenters. The Morgan fingerprint density at radius 1 is 1.27 bits per heavy atom. The van der Waals surface area contributed by atoms with Crippen LogP contribution in [0.25, 0.3) is 16.8 Å². The number of fused-ring (bicyclic) bond motifs is 1. The molecule has 3 heterocycles. The molecule has 3 aromatic heterocycles. The van der Waals surface area contributed by atoms with Crippen LogP contribution in [0.2, 0.25) is 0 Å². The fourth-order valence-electron chi connectivity index (χ4n) is 2.73. The fraction of sp³-hybridized carbons (Fsp3) is 0.400. The van der Waals surface area contributed by atoms with Crippen molar-refractivity contribution >= 4 is 5.52 Å². The summed E-state index contributed by atoms with van der Waals surface area (Å²) in [6, 6.07) is 2.47. The van der Waals surface area contributed by atoms with Crippen LogP contribution in [0.3, 0.4) is 0 Å². The lowest BCUT2D eigenvalue weighted by atomic mass is 9.89. The van der Waals surface area contributed by atoms with Gasteiger partial charge in [0.1, 0.15) is 11.6 Å². The Morgan fingerprint density at radius 2 is 2.14 bits per heavy atom. The van der Waals surface area contributed by atoms with Crippen molar-refractivity contribution in [2.45, 2.75) is 25.0 Å². The molecule has 1 aliphatic rings. The number of aryl methyl sites for hydroxylation is 1. The number of nitrogens with one attached hydrogen (secondary N) is 1. The molecule has 0 radical (unpaired) electrons. The van der Waals surface area contributed by atoms with E-state index in [0.29, 0.717) is 11.9 Å². The summed E-state index contributed by atoms with van der Waals surface area (Å²) in [5.41, 5.74) is 2.65. The zero-order valence-electron chi connectivity index (χ0n) is 12.6. The highest BCUT2D eigenvalue weighted by molar-refractivity contribution is 5.63. The van der Waals surface area contributed by atoms with Crippen LogP contribution in [0.5, 0.6) is 5.88 Å². The Labute approximate surface area is 127 Å². The molecule has 1 saturated carbocycles. The first kappa shape index (κ1) is 13.3. The summed E-state index contributed by atoms with van der Waals surface area (Å²) < 4.78 is 9.65. The molecule has 1 fully saturated rings. The van der Waals surface area contributed by atoms with Crippen molar-refractivity contribution in [1.82, 2.24) is 29.7 Å². The highest BCUT2D eigenvalue weighted by Gasteiger charge is 2.30. The van der Waals surface area contributed by atoms with Gasteiger partial charge in [-0.15, -0.1) is 0 Å². The van der Waals surface area contributed by atoms with Crippen molar-refractivity contribution in [3.8, 4) is 17.1 Å². The lowest BCUT2D eigenvalue weighted by Crippen LogP contribution is -2.45. The summed E-state index contributed by atoms with van der Waals surface area (Å²) in [6.07, 6.45) is 9.62. The second-order valence-corrected chi connectivity index (χ2v) is 5.69. The third-order valence-electron chi connectivity index (χ3n) is 4.14. The van der Waals surface area contributed by atoms with Crippen LogP contribution in [0.1, 0.15) is 12.8 Å². The molecule has 0 aromatic carbocycles. The molecule has 7 heteroatoms.